The zero-order chi connectivity index (χ0) is 19.9. The second-order valence-electron chi connectivity index (χ2n) is 6.83. The largest absolute Gasteiger partial charge is 0.444 e. The summed E-state index contributed by atoms with van der Waals surface area (Å²) in [6, 6.07) is 18.5. The fraction of sp³-hybridized carbons (Fsp3) is 0.217. The molecule has 0 amide bonds. The maximum Gasteiger partial charge on any atom is 0.226 e. The van der Waals surface area contributed by atoms with Gasteiger partial charge in [-0.3, -0.25) is 4.99 Å². The molecule has 0 saturated carbocycles. The first-order chi connectivity index (χ1) is 14.3. The van der Waals surface area contributed by atoms with E-state index in [9.17, 15) is 0 Å². The Bertz CT molecular complexity index is 974. The van der Waals surface area contributed by atoms with Crippen molar-refractivity contribution in [2.24, 2.45) is 4.99 Å². The van der Waals surface area contributed by atoms with Gasteiger partial charge in [0.25, 0.3) is 0 Å². The van der Waals surface area contributed by atoms with Crippen LogP contribution in [0.1, 0.15) is 11.3 Å². The van der Waals surface area contributed by atoms with Crippen molar-refractivity contribution < 1.29 is 4.42 Å². The first-order valence-electron chi connectivity index (χ1n) is 9.75. The van der Waals surface area contributed by atoms with E-state index in [-0.39, 0.29) is 24.0 Å². The lowest BCUT2D eigenvalue weighted by molar-refractivity contribution is 0.572. The van der Waals surface area contributed by atoms with E-state index >= 15 is 0 Å². The number of aromatic nitrogens is 1. The Labute approximate surface area is 194 Å². The summed E-state index contributed by atoms with van der Waals surface area (Å²) in [6.07, 6.45) is 6.07. The Morgan fingerprint density at radius 1 is 1.00 bits per heavy atom. The summed E-state index contributed by atoms with van der Waals surface area (Å²) in [5, 5.41) is 6.61. The molecule has 156 valence electrons. The van der Waals surface area contributed by atoms with Crippen LogP contribution in [0.3, 0.4) is 0 Å². The number of rotatable bonds is 6. The van der Waals surface area contributed by atoms with Crippen LogP contribution in [0.2, 0.25) is 0 Å². The van der Waals surface area contributed by atoms with Gasteiger partial charge >= 0.3 is 0 Å². The van der Waals surface area contributed by atoms with Gasteiger partial charge in [0.2, 0.25) is 5.89 Å². The molecule has 0 radical (unpaired) electrons. The smallest absolute Gasteiger partial charge is 0.226 e. The Balaban J connectivity index is 0.00000256. The molecule has 2 N–H and O–H groups in total. The molecule has 0 bridgehead atoms. The fourth-order valence-corrected chi connectivity index (χ4v) is 3.20. The number of nitrogens with one attached hydrogen (secondary N) is 2. The molecule has 6 nitrogen and oxygen atoms in total. The first-order valence-corrected chi connectivity index (χ1v) is 9.75. The summed E-state index contributed by atoms with van der Waals surface area (Å²) in [5.41, 5.74) is 4.25. The lowest BCUT2D eigenvalue weighted by atomic mass is 10.2. The van der Waals surface area contributed by atoms with Crippen molar-refractivity contribution in [2.45, 2.75) is 13.1 Å². The van der Waals surface area contributed by atoms with Crippen molar-refractivity contribution in [2.75, 3.05) is 25.0 Å². The van der Waals surface area contributed by atoms with Gasteiger partial charge in [-0.1, -0.05) is 42.5 Å². The molecule has 0 spiro atoms. The lowest BCUT2D eigenvalue weighted by Crippen LogP contribution is -2.36. The molecule has 0 aliphatic carbocycles. The summed E-state index contributed by atoms with van der Waals surface area (Å²) in [6.45, 7) is 3.22. The normalized spacial score (nSPS) is 13.2. The van der Waals surface area contributed by atoms with Gasteiger partial charge in [0.15, 0.2) is 5.96 Å². The second-order valence-corrected chi connectivity index (χ2v) is 6.83. The molecular formula is C23H26IN5O. The van der Waals surface area contributed by atoms with Crippen molar-refractivity contribution in [1.82, 2.24) is 15.6 Å². The Hall–Kier alpha value is -2.81. The van der Waals surface area contributed by atoms with E-state index < -0.39 is 0 Å². The number of hydrogen-bond acceptors (Lipinski definition) is 4. The van der Waals surface area contributed by atoms with Gasteiger partial charge in [0, 0.05) is 37.9 Å². The quantitative estimate of drug-likeness (QED) is 0.223. The van der Waals surface area contributed by atoms with Crippen molar-refractivity contribution in [3.63, 3.8) is 0 Å². The van der Waals surface area contributed by atoms with E-state index in [1.807, 2.05) is 30.3 Å². The molecule has 1 aromatic heterocycles. The van der Waals surface area contributed by atoms with E-state index in [4.69, 9.17) is 4.42 Å². The van der Waals surface area contributed by atoms with Crippen LogP contribution in [-0.4, -0.2) is 31.1 Å². The van der Waals surface area contributed by atoms with Crippen molar-refractivity contribution in [3.8, 4) is 11.5 Å². The summed E-state index contributed by atoms with van der Waals surface area (Å²) in [7, 11) is 1.76. The highest BCUT2D eigenvalue weighted by Gasteiger charge is 2.08. The summed E-state index contributed by atoms with van der Waals surface area (Å²) in [4.78, 5) is 11.1. The summed E-state index contributed by atoms with van der Waals surface area (Å²) < 4.78 is 5.58. The minimum Gasteiger partial charge on any atom is -0.444 e. The second kappa shape index (κ2) is 10.8. The van der Waals surface area contributed by atoms with Crippen LogP contribution in [0, 0.1) is 0 Å². The molecule has 0 atom stereocenters. The Morgan fingerprint density at radius 3 is 2.40 bits per heavy atom. The van der Waals surface area contributed by atoms with Crippen molar-refractivity contribution in [3.05, 3.63) is 84.3 Å². The molecule has 7 heteroatoms. The van der Waals surface area contributed by atoms with E-state index in [0.717, 1.165) is 30.3 Å². The van der Waals surface area contributed by atoms with Crippen LogP contribution in [0.25, 0.3) is 11.5 Å². The molecule has 2 heterocycles. The average Bonchev–Trinajstić information content (AvgIpc) is 3.47. The minimum absolute atomic E-state index is 0. The maximum atomic E-state index is 5.58. The molecule has 30 heavy (non-hydrogen) atoms. The fourth-order valence-electron chi connectivity index (χ4n) is 3.20. The molecular weight excluding hydrogens is 489 g/mol. The third-order valence-electron chi connectivity index (χ3n) is 4.81. The van der Waals surface area contributed by atoms with Crippen LogP contribution >= 0.6 is 24.0 Å². The zero-order valence-electron chi connectivity index (χ0n) is 16.9. The topological polar surface area (TPSA) is 65.7 Å². The molecule has 4 rings (SSSR count). The Morgan fingerprint density at radius 2 is 1.70 bits per heavy atom. The highest BCUT2D eigenvalue weighted by atomic mass is 127. The number of benzene rings is 2. The number of oxazole rings is 1. The maximum absolute atomic E-state index is 5.58. The van der Waals surface area contributed by atoms with Gasteiger partial charge in [-0.05, 0) is 29.8 Å². The minimum atomic E-state index is 0. The van der Waals surface area contributed by atoms with Crippen LogP contribution in [0.15, 0.2) is 82.4 Å². The number of guanidine groups is 1. The van der Waals surface area contributed by atoms with Gasteiger partial charge in [0.05, 0.1) is 12.2 Å². The van der Waals surface area contributed by atoms with E-state index in [2.05, 4.69) is 61.9 Å². The number of hydrogen-bond donors (Lipinski definition) is 2. The molecule has 3 aromatic rings. The third-order valence-corrected chi connectivity index (χ3v) is 4.81. The van der Waals surface area contributed by atoms with Crippen LogP contribution in [0.4, 0.5) is 5.69 Å². The molecule has 2 aromatic carbocycles. The highest BCUT2D eigenvalue weighted by Crippen LogP contribution is 2.18. The van der Waals surface area contributed by atoms with Crippen LogP contribution < -0.4 is 15.5 Å². The van der Waals surface area contributed by atoms with Gasteiger partial charge in [-0.15, -0.1) is 24.0 Å². The Kier molecular flexibility index (Phi) is 7.89. The number of aliphatic imine (C=N–C) groups is 1. The number of anilines is 1. The molecule has 0 fully saturated rings. The van der Waals surface area contributed by atoms with Crippen molar-refractivity contribution >= 4 is 35.6 Å². The van der Waals surface area contributed by atoms with E-state index in [1.165, 1.54) is 11.3 Å². The van der Waals surface area contributed by atoms with E-state index in [1.54, 1.807) is 13.3 Å². The third kappa shape index (κ3) is 5.63. The predicted molar refractivity (Wildman–Crippen MR) is 132 cm³/mol. The molecule has 1 aliphatic rings. The van der Waals surface area contributed by atoms with Crippen LogP contribution in [0.5, 0.6) is 0 Å². The summed E-state index contributed by atoms with van der Waals surface area (Å²) >= 11 is 0. The van der Waals surface area contributed by atoms with Crippen molar-refractivity contribution in [1.29, 1.82) is 0 Å². The average molecular weight is 515 g/mol. The van der Waals surface area contributed by atoms with E-state index in [0.29, 0.717) is 19.0 Å². The predicted octanol–water partition coefficient (Wildman–Crippen LogP) is 4.20. The van der Waals surface area contributed by atoms with Gasteiger partial charge in [-0.2, -0.15) is 0 Å². The van der Waals surface area contributed by atoms with Crippen LogP contribution in [-0.2, 0) is 13.1 Å². The monoisotopic (exact) mass is 515 g/mol. The zero-order valence-corrected chi connectivity index (χ0v) is 19.2. The molecule has 0 saturated heterocycles. The number of nitrogens with zero attached hydrogens (tertiary/aromatic N) is 3. The standard InChI is InChI=1S/C23H25N5O.HI/c1-24-23(25-15-18-9-11-21(12-10-18)28-13-5-6-14-28)26-16-20-17-29-22(27-20)19-7-3-2-4-8-19;/h2-12,17H,13-16H2,1H3,(H2,24,25,26);1H. The molecule has 0 unspecified atom stereocenters. The van der Waals surface area contributed by atoms with Gasteiger partial charge in [-0.25, -0.2) is 4.98 Å². The lowest BCUT2D eigenvalue weighted by Gasteiger charge is -2.18. The van der Waals surface area contributed by atoms with Gasteiger partial charge < -0.3 is 20.0 Å². The number of halogens is 1. The first kappa shape index (κ1) is 21.9. The highest BCUT2D eigenvalue weighted by molar-refractivity contribution is 14.0. The SMILES string of the molecule is CN=C(NCc1ccc(N2CC=CC2)cc1)NCc1coc(-c2ccccc2)n1.I. The van der Waals surface area contributed by atoms with Gasteiger partial charge in [0.1, 0.15) is 6.26 Å². The summed E-state index contributed by atoms with van der Waals surface area (Å²) in [5.74, 6) is 1.35. The molecule has 1 aliphatic heterocycles.